The minimum atomic E-state index is -0.343. The molecule has 1 fully saturated rings. The van der Waals surface area contributed by atoms with Crippen LogP contribution in [0, 0.1) is 0 Å². The van der Waals surface area contributed by atoms with Crippen LogP contribution in [-0.4, -0.2) is 47.1 Å². The second kappa shape index (κ2) is 8.86. The van der Waals surface area contributed by atoms with Crippen LogP contribution in [-0.2, 0) is 11.3 Å². The van der Waals surface area contributed by atoms with Gasteiger partial charge in [0.15, 0.2) is 0 Å². The molecule has 8 heteroatoms. The van der Waals surface area contributed by atoms with Crippen molar-refractivity contribution in [2.24, 2.45) is 0 Å². The van der Waals surface area contributed by atoms with Gasteiger partial charge in [0.1, 0.15) is 5.01 Å². The molecule has 7 nitrogen and oxygen atoms in total. The highest BCUT2D eigenvalue weighted by Gasteiger charge is 2.18. The smallest absolute Gasteiger partial charge is 0.286 e. The number of benzene rings is 1. The van der Waals surface area contributed by atoms with Gasteiger partial charge in [-0.05, 0) is 31.0 Å². The molecule has 0 aliphatic carbocycles. The third kappa shape index (κ3) is 4.64. The predicted octanol–water partition coefficient (Wildman–Crippen LogP) is 2.95. The van der Waals surface area contributed by atoms with Crippen molar-refractivity contribution in [3.8, 4) is 0 Å². The largest absolute Gasteiger partial charge is 0.377 e. The van der Waals surface area contributed by atoms with E-state index >= 15 is 0 Å². The number of carbonyl (C=O) groups excluding carboxylic acids is 2. The van der Waals surface area contributed by atoms with Gasteiger partial charge in [-0.2, -0.15) is 0 Å². The summed E-state index contributed by atoms with van der Waals surface area (Å²) in [4.78, 5) is 26.9. The molecule has 0 bridgehead atoms. The molecule has 0 unspecified atom stereocenters. The van der Waals surface area contributed by atoms with Crippen molar-refractivity contribution in [2.75, 3.05) is 25.5 Å². The zero-order chi connectivity index (χ0) is 18.4. The van der Waals surface area contributed by atoms with E-state index in [-0.39, 0.29) is 16.8 Å². The lowest BCUT2D eigenvalue weighted by Gasteiger charge is -2.20. The van der Waals surface area contributed by atoms with Crippen LogP contribution >= 0.6 is 11.3 Å². The van der Waals surface area contributed by atoms with Crippen LogP contribution in [0.25, 0.3) is 0 Å². The summed E-state index contributed by atoms with van der Waals surface area (Å²) >= 11 is 1.19. The number of amides is 2. The lowest BCUT2D eigenvalue weighted by Crippen LogP contribution is -2.31. The summed E-state index contributed by atoms with van der Waals surface area (Å²) in [6.07, 6.45) is 4.44. The molecule has 0 spiro atoms. The number of ether oxygens (including phenoxy) is 1. The molecule has 138 valence electrons. The van der Waals surface area contributed by atoms with Gasteiger partial charge in [0, 0.05) is 31.5 Å². The molecular formula is C18H22N4O3S. The van der Waals surface area contributed by atoms with E-state index in [1.54, 1.807) is 31.4 Å². The molecule has 1 aliphatic rings. The van der Waals surface area contributed by atoms with Gasteiger partial charge in [-0.3, -0.25) is 9.59 Å². The normalized spacial score (nSPS) is 14.7. The number of nitrogens with one attached hydrogen (secondary N) is 1. The number of aromatic nitrogens is 2. The molecule has 1 aliphatic heterocycles. The Hall–Kier alpha value is -2.32. The quantitative estimate of drug-likeness (QED) is 0.870. The summed E-state index contributed by atoms with van der Waals surface area (Å²) in [5, 5.41) is 11.5. The van der Waals surface area contributed by atoms with Crippen molar-refractivity contribution in [2.45, 2.75) is 32.3 Å². The summed E-state index contributed by atoms with van der Waals surface area (Å²) in [6, 6.07) is 7.03. The molecule has 2 heterocycles. The molecule has 26 heavy (non-hydrogen) atoms. The third-order valence-electron chi connectivity index (χ3n) is 4.19. The maximum atomic E-state index is 12.7. The molecule has 1 N–H and O–H groups in total. The van der Waals surface area contributed by atoms with Crippen LogP contribution in [0.3, 0.4) is 0 Å². The predicted molar refractivity (Wildman–Crippen MR) is 99.4 cm³/mol. The lowest BCUT2D eigenvalue weighted by atomic mass is 10.1. The summed E-state index contributed by atoms with van der Waals surface area (Å²) in [5.41, 5.74) is 1.15. The van der Waals surface area contributed by atoms with E-state index in [1.165, 1.54) is 24.2 Å². The topological polar surface area (TPSA) is 84.4 Å². The molecule has 1 aromatic carbocycles. The number of likely N-dealkylation sites (tertiary alicyclic amines) is 1. The number of hydrogen-bond acceptors (Lipinski definition) is 6. The zero-order valence-electron chi connectivity index (χ0n) is 14.7. The van der Waals surface area contributed by atoms with Crippen molar-refractivity contribution in [1.82, 2.24) is 15.1 Å². The first-order valence-electron chi connectivity index (χ1n) is 8.69. The van der Waals surface area contributed by atoms with Gasteiger partial charge in [-0.15, -0.1) is 10.2 Å². The molecule has 0 saturated carbocycles. The molecule has 2 aromatic rings. The maximum Gasteiger partial charge on any atom is 0.286 e. The van der Waals surface area contributed by atoms with Gasteiger partial charge in [0.2, 0.25) is 5.01 Å². The fraction of sp³-hybridized carbons (Fsp3) is 0.444. The van der Waals surface area contributed by atoms with Gasteiger partial charge < -0.3 is 15.0 Å². The fourth-order valence-electron chi connectivity index (χ4n) is 2.90. The molecular weight excluding hydrogens is 352 g/mol. The third-order valence-corrected chi connectivity index (χ3v) is 5.09. The maximum absolute atomic E-state index is 12.7. The highest BCUT2D eigenvalue weighted by molar-refractivity contribution is 7.13. The first-order valence-corrected chi connectivity index (χ1v) is 9.51. The number of carbonyl (C=O) groups is 2. The number of methoxy groups -OCH3 is 1. The Balaban J connectivity index is 1.68. The minimum Gasteiger partial charge on any atom is -0.377 e. The van der Waals surface area contributed by atoms with E-state index in [9.17, 15) is 9.59 Å². The van der Waals surface area contributed by atoms with E-state index in [2.05, 4.69) is 15.5 Å². The van der Waals surface area contributed by atoms with Crippen molar-refractivity contribution in [3.63, 3.8) is 0 Å². The van der Waals surface area contributed by atoms with Crippen molar-refractivity contribution >= 4 is 28.8 Å². The Morgan fingerprint density at radius 2 is 1.96 bits per heavy atom. The van der Waals surface area contributed by atoms with Crippen molar-refractivity contribution in [3.05, 3.63) is 39.8 Å². The Bertz CT molecular complexity index is 769. The Morgan fingerprint density at radius 1 is 1.19 bits per heavy atom. The van der Waals surface area contributed by atoms with Crippen LogP contribution < -0.4 is 5.32 Å². The number of hydrogen-bond donors (Lipinski definition) is 1. The molecule has 1 aromatic heterocycles. The SMILES string of the molecule is COCc1nnc(C(=O)Nc2cccc(C(=O)N3CCCCCC3)c2)s1. The summed E-state index contributed by atoms with van der Waals surface area (Å²) < 4.78 is 4.98. The monoisotopic (exact) mass is 374 g/mol. The van der Waals surface area contributed by atoms with Crippen molar-refractivity contribution in [1.29, 1.82) is 0 Å². The van der Waals surface area contributed by atoms with Gasteiger partial charge in [0.05, 0.1) is 6.61 Å². The number of nitrogens with zero attached hydrogens (tertiary/aromatic N) is 3. The molecule has 0 radical (unpaired) electrons. The van der Waals surface area contributed by atoms with Gasteiger partial charge in [-0.1, -0.05) is 30.2 Å². The van der Waals surface area contributed by atoms with Crippen molar-refractivity contribution < 1.29 is 14.3 Å². The summed E-state index contributed by atoms with van der Waals surface area (Å²) in [6.45, 7) is 1.91. The Kier molecular flexibility index (Phi) is 6.30. The Labute approximate surface area is 156 Å². The highest BCUT2D eigenvalue weighted by Crippen LogP contribution is 2.18. The van der Waals surface area contributed by atoms with Gasteiger partial charge in [0.25, 0.3) is 11.8 Å². The zero-order valence-corrected chi connectivity index (χ0v) is 15.6. The summed E-state index contributed by atoms with van der Waals surface area (Å²) in [5.74, 6) is -0.328. The van der Waals surface area contributed by atoms with E-state index in [0.29, 0.717) is 22.9 Å². The average Bonchev–Trinajstić information content (AvgIpc) is 2.95. The molecule has 3 rings (SSSR count). The van der Waals surface area contributed by atoms with Crippen LogP contribution in [0.4, 0.5) is 5.69 Å². The lowest BCUT2D eigenvalue weighted by molar-refractivity contribution is 0.0761. The highest BCUT2D eigenvalue weighted by atomic mass is 32.1. The average molecular weight is 374 g/mol. The molecule has 1 saturated heterocycles. The van der Waals surface area contributed by atoms with E-state index in [0.717, 1.165) is 25.9 Å². The summed E-state index contributed by atoms with van der Waals surface area (Å²) in [7, 11) is 1.56. The second-order valence-electron chi connectivity index (χ2n) is 6.18. The number of rotatable bonds is 5. The second-order valence-corrected chi connectivity index (χ2v) is 7.24. The van der Waals surface area contributed by atoms with E-state index in [1.807, 2.05) is 4.90 Å². The number of anilines is 1. The standard InChI is InChI=1S/C18H22N4O3S/c1-25-12-15-20-21-17(26-15)16(23)19-14-8-6-7-13(11-14)18(24)22-9-4-2-3-5-10-22/h6-8,11H,2-5,9-10,12H2,1H3,(H,19,23). The first kappa shape index (κ1) is 18.5. The first-order chi connectivity index (χ1) is 12.7. The minimum absolute atomic E-state index is 0.0151. The van der Waals surface area contributed by atoms with Gasteiger partial charge >= 0.3 is 0 Å². The van der Waals surface area contributed by atoms with Crippen LogP contribution in [0.15, 0.2) is 24.3 Å². The van der Waals surface area contributed by atoms with E-state index in [4.69, 9.17) is 4.74 Å². The van der Waals surface area contributed by atoms with Crippen LogP contribution in [0.1, 0.15) is 50.9 Å². The molecule has 2 amide bonds. The Morgan fingerprint density at radius 3 is 2.69 bits per heavy atom. The van der Waals surface area contributed by atoms with E-state index < -0.39 is 0 Å². The fourth-order valence-corrected chi connectivity index (χ4v) is 3.61. The van der Waals surface area contributed by atoms with Crippen LogP contribution in [0.2, 0.25) is 0 Å². The van der Waals surface area contributed by atoms with Gasteiger partial charge in [-0.25, -0.2) is 0 Å². The molecule has 0 atom stereocenters. The van der Waals surface area contributed by atoms with Crippen LogP contribution in [0.5, 0.6) is 0 Å².